The third-order valence-corrected chi connectivity index (χ3v) is 3.78. The van der Waals surface area contributed by atoms with Crippen LogP contribution in [0, 0.1) is 3.57 Å². The van der Waals surface area contributed by atoms with Crippen molar-refractivity contribution in [3.63, 3.8) is 0 Å². The van der Waals surface area contributed by atoms with Gasteiger partial charge in [-0.25, -0.2) is 5.43 Å². The molecule has 132 valence electrons. The van der Waals surface area contributed by atoms with Gasteiger partial charge >= 0.3 is 0 Å². The lowest BCUT2D eigenvalue weighted by Gasteiger charge is -2.10. The van der Waals surface area contributed by atoms with E-state index in [4.69, 9.17) is 4.74 Å². The van der Waals surface area contributed by atoms with Crippen molar-refractivity contribution >= 4 is 40.4 Å². The van der Waals surface area contributed by atoms with Gasteiger partial charge in [-0.3, -0.25) is 4.79 Å². The number of carbonyl (C=O) groups is 1. The fourth-order valence-corrected chi connectivity index (χ4v) is 2.30. The molecular formula is C18H20IN3O3. The Morgan fingerprint density at radius 2 is 2.00 bits per heavy atom. The Bertz CT molecular complexity index is 746. The largest absolute Gasteiger partial charge is 0.507 e. The number of phenolic OH excluding ortho intramolecular Hbond substituents is 1. The summed E-state index contributed by atoms with van der Waals surface area (Å²) in [7, 11) is 0. The first kappa shape index (κ1) is 19.0. The normalized spacial score (nSPS) is 10.9. The Morgan fingerprint density at radius 1 is 1.28 bits per heavy atom. The second kappa shape index (κ2) is 9.26. The maximum absolute atomic E-state index is 11.8. The quantitative estimate of drug-likeness (QED) is 0.341. The van der Waals surface area contributed by atoms with Gasteiger partial charge in [0.15, 0.2) is 0 Å². The second-order valence-electron chi connectivity index (χ2n) is 5.54. The summed E-state index contributed by atoms with van der Waals surface area (Å²) in [4.78, 5) is 11.8. The molecule has 0 unspecified atom stereocenters. The molecule has 0 aromatic heterocycles. The number of carbonyl (C=O) groups excluding carboxylic acids is 1. The number of hydrogen-bond donors (Lipinski definition) is 3. The number of hydrazone groups is 1. The maximum Gasteiger partial charge on any atom is 0.259 e. The molecule has 0 bridgehead atoms. The van der Waals surface area contributed by atoms with Crippen LogP contribution in [0.4, 0.5) is 5.69 Å². The number of rotatable bonds is 7. The molecule has 0 aliphatic rings. The number of benzene rings is 2. The number of nitrogens with zero attached hydrogens (tertiary/aromatic N) is 1. The summed E-state index contributed by atoms with van der Waals surface area (Å²) in [5, 5.41) is 16.8. The highest BCUT2D eigenvalue weighted by molar-refractivity contribution is 14.1. The monoisotopic (exact) mass is 453 g/mol. The van der Waals surface area contributed by atoms with Crippen molar-refractivity contribution in [2.75, 3.05) is 11.9 Å². The van der Waals surface area contributed by atoms with Crippen LogP contribution in [-0.2, 0) is 4.79 Å². The predicted molar refractivity (Wildman–Crippen MR) is 107 cm³/mol. The van der Waals surface area contributed by atoms with Crippen LogP contribution >= 0.6 is 22.6 Å². The molecule has 0 saturated heterocycles. The smallest absolute Gasteiger partial charge is 0.259 e. The van der Waals surface area contributed by atoms with Crippen LogP contribution < -0.4 is 15.5 Å². The van der Waals surface area contributed by atoms with Crippen LogP contribution in [0.3, 0.4) is 0 Å². The summed E-state index contributed by atoms with van der Waals surface area (Å²) >= 11 is 2.22. The molecule has 7 heteroatoms. The van der Waals surface area contributed by atoms with Crippen LogP contribution in [0.25, 0.3) is 0 Å². The first-order chi connectivity index (χ1) is 11.9. The summed E-state index contributed by atoms with van der Waals surface area (Å²) in [6.07, 6.45) is 1.41. The van der Waals surface area contributed by atoms with Gasteiger partial charge in [0.05, 0.1) is 18.9 Å². The van der Waals surface area contributed by atoms with Crippen molar-refractivity contribution in [2.24, 2.45) is 5.10 Å². The van der Waals surface area contributed by atoms with Crippen molar-refractivity contribution in [1.29, 1.82) is 0 Å². The molecule has 25 heavy (non-hydrogen) atoms. The Morgan fingerprint density at radius 3 is 2.64 bits per heavy atom. The molecule has 0 spiro atoms. The molecule has 1 amide bonds. The van der Waals surface area contributed by atoms with Gasteiger partial charge in [-0.05, 0) is 72.8 Å². The Labute approximate surface area is 160 Å². The third kappa shape index (κ3) is 6.61. The molecule has 0 atom stereocenters. The number of aromatic hydroxyl groups is 1. The number of ether oxygens (including phenoxy) is 1. The fraction of sp³-hybridized carbons (Fsp3) is 0.222. The summed E-state index contributed by atoms with van der Waals surface area (Å²) in [5.74, 6) is 0.331. The minimum atomic E-state index is -0.283. The number of nitrogens with one attached hydrogen (secondary N) is 2. The number of amides is 1. The predicted octanol–water partition coefficient (Wildman–Crippen LogP) is 3.35. The highest BCUT2D eigenvalue weighted by Crippen LogP contribution is 2.23. The fourth-order valence-electron chi connectivity index (χ4n) is 1.94. The highest BCUT2D eigenvalue weighted by Gasteiger charge is 2.04. The van der Waals surface area contributed by atoms with Crippen LogP contribution in [-0.4, -0.2) is 29.9 Å². The first-order valence-corrected chi connectivity index (χ1v) is 8.83. The molecule has 0 aliphatic heterocycles. The molecule has 0 heterocycles. The molecule has 0 saturated carbocycles. The zero-order valence-electron chi connectivity index (χ0n) is 14.0. The second-order valence-corrected chi connectivity index (χ2v) is 6.79. The van der Waals surface area contributed by atoms with E-state index in [-0.39, 0.29) is 24.3 Å². The van der Waals surface area contributed by atoms with E-state index < -0.39 is 0 Å². The van der Waals surface area contributed by atoms with Gasteiger partial charge in [0.1, 0.15) is 11.5 Å². The van der Waals surface area contributed by atoms with E-state index in [2.05, 4.69) is 38.4 Å². The van der Waals surface area contributed by atoms with E-state index in [9.17, 15) is 9.90 Å². The highest BCUT2D eigenvalue weighted by atomic mass is 127. The Kier molecular flexibility index (Phi) is 7.05. The molecule has 0 aliphatic carbocycles. The van der Waals surface area contributed by atoms with E-state index >= 15 is 0 Å². The first-order valence-electron chi connectivity index (χ1n) is 7.75. The van der Waals surface area contributed by atoms with E-state index in [1.807, 2.05) is 38.1 Å². The summed E-state index contributed by atoms with van der Waals surface area (Å²) in [6.45, 7) is 3.92. The van der Waals surface area contributed by atoms with E-state index in [1.54, 1.807) is 12.1 Å². The average molecular weight is 453 g/mol. The summed E-state index contributed by atoms with van der Waals surface area (Å²) in [6, 6.07) is 12.6. The molecular weight excluding hydrogens is 433 g/mol. The van der Waals surface area contributed by atoms with Gasteiger partial charge in [-0.1, -0.05) is 0 Å². The molecule has 0 radical (unpaired) electrons. The maximum atomic E-state index is 11.8. The van der Waals surface area contributed by atoms with Crippen molar-refractivity contribution in [2.45, 2.75) is 20.0 Å². The van der Waals surface area contributed by atoms with Gasteiger partial charge < -0.3 is 15.2 Å². The number of anilines is 1. The van der Waals surface area contributed by atoms with Crippen LogP contribution in [0.2, 0.25) is 0 Å². The summed E-state index contributed by atoms with van der Waals surface area (Å²) in [5.41, 5.74) is 3.76. The molecule has 2 aromatic carbocycles. The minimum absolute atomic E-state index is 0.0267. The van der Waals surface area contributed by atoms with Crippen molar-refractivity contribution in [1.82, 2.24) is 5.43 Å². The van der Waals surface area contributed by atoms with E-state index in [0.717, 1.165) is 9.26 Å². The van der Waals surface area contributed by atoms with Gasteiger partial charge in [-0.2, -0.15) is 5.10 Å². The molecule has 0 fully saturated rings. The van der Waals surface area contributed by atoms with Gasteiger partial charge in [-0.15, -0.1) is 0 Å². The number of halogens is 1. The third-order valence-electron chi connectivity index (χ3n) is 3.06. The molecule has 2 rings (SSSR count). The topological polar surface area (TPSA) is 83.0 Å². The van der Waals surface area contributed by atoms with Gasteiger partial charge in [0.25, 0.3) is 5.91 Å². The van der Waals surface area contributed by atoms with E-state index in [0.29, 0.717) is 11.3 Å². The van der Waals surface area contributed by atoms with Crippen LogP contribution in [0.5, 0.6) is 11.5 Å². The van der Waals surface area contributed by atoms with Crippen molar-refractivity contribution < 1.29 is 14.6 Å². The lowest BCUT2D eigenvalue weighted by Crippen LogP contribution is -2.25. The lowest BCUT2D eigenvalue weighted by atomic mass is 10.2. The zero-order valence-corrected chi connectivity index (χ0v) is 16.1. The molecule has 3 N–H and O–H groups in total. The minimum Gasteiger partial charge on any atom is -0.507 e. The molecule has 2 aromatic rings. The molecule has 6 nitrogen and oxygen atoms in total. The number of hydrogen-bond acceptors (Lipinski definition) is 5. The van der Waals surface area contributed by atoms with Crippen molar-refractivity contribution in [3.8, 4) is 11.5 Å². The van der Waals surface area contributed by atoms with Gasteiger partial charge in [0, 0.05) is 20.9 Å². The van der Waals surface area contributed by atoms with Gasteiger partial charge in [0.2, 0.25) is 0 Å². The SMILES string of the molecule is CC(C)Oc1ccc(/C=N\NC(=O)CNc2ccc(I)cc2)c(O)c1. The zero-order chi connectivity index (χ0) is 18.2. The Balaban J connectivity index is 1.83. The standard InChI is InChI=1S/C18H20IN3O3/c1-12(2)25-16-8-3-13(17(23)9-16)10-21-22-18(24)11-20-15-6-4-14(19)5-7-15/h3-10,12,20,23H,11H2,1-2H3,(H,22,24)/b21-10-. The van der Waals surface area contributed by atoms with Crippen LogP contribution in [0.15, 0.2) is 47.6 Å². The average Bonchev–Trinajstić information content (AvgIpc) is 2.56. The summed E-state index contributed by atoms with van der Waals surface area (Å²) < 4.78 is 6.62. The van der Waals surface area contributed by atoms with Crippen LogP contribution in [0.1, 0.15) is 19.4 Å². The Hall–Kier alpha value is -2.29. The number of phenols is 1. The lowest BCUT2D eigenvalue weighted by molar-refractivity contribution is -0.119. The van der Waals surface area contributed by atoms with Crippen molar-refractivity contribution in [3.05, 3.63) is 51.6 Å². The van der Waals surface area contributed by atoms with E-state index in [1.165, 1.54) is 12.3 Å².